The highest BCUT2D eigenvalue weighted by atomic mass is 16.3. The summed E-state index contributed by atoms with van der Waals surface area (Å²) in [4.78, 5) is 3.50. The van der Waals surface area contributed by atoms with Crippen LogP contribution in [0.25, 0.3) is 10.9 Å². The lowest BCUT2D eigenvalue weighted by atomic mass is 9.77. The number of fused-ring (bicyclic) bond motifs is 2. The number of nitrogens with one attached hydrogen (secondary N) is 2. The standard InChI is InChI=1S/C16H18N2O/c1-9-12-6-15-13(5-10(8-19)7-17-15)11-3-2-4-14(18-9)16(11)12/h2-5,13,15,17-19H,6-8H2,1H3/t13-,15-/m1/s1. The molecule has 1 aliphatic heterocycles. The van der Waals surface area contributed by atoms with Crippen molar-refractivity contribution in [2.75, 3.05) is 13.2 Å². The summed E-state index contributed by atoms with van der Waals surface area (Å²) in [5.41, 5.74) is 6.49. The number of hydrogen-bond acceptors (Lipinski definition) is 2. The molecule has 2 atom stereocenters. The quantitative estimate of drug-likeness (QED) is 0.682. The summed E-state index contributed by atoms with van der Waals surface area (Å²) < 4.78 is 0. The van der Waals surface area contributed by atoms with Gasteiger partial charge in [-0.1, -0.05) is 18.2 Å². The van der Waals surface area contributed by atoms with Crippen LogP contribution in [0.1, 0.15) is 22.7 Å². The van der Waals surface area contributed by atoms with Crippen molar-refractivity contribution in [2.24, 2.45) is 0 Å². The van der Waals surface area contributed by atoms with Gasteiger partial charge in [-0.15, -0.1) is 0 Å². The fourth-order valence-electron chi connectivity index (χ4n) is 3.66. The number of H-pyrrole nitrogens is 1. The van der Waals surface area contributed by atoms with E-state index in [0.717, 1.165) is 18.5 Å². The fourth-order valence-corrected chi connectivity index (χ4v) is 3.66. The van der Waals surface area contributed by atoms with E-state index >= 15 is 0 Å². The predicted octanol–water partition coefficient (Wildman–Crippen LogP) is 2.01. The van der Waals surface area contributed by atoms with Crippen LogP contribution in [0.3, 0.4) is 0 Å². The molecule has 0 unspecified atom stereocenters. The third-order valence-corrected chi connectivity index (χ3v) is 4.60. The Morgan fingerprint density at radius 3 is 3.11 bits per heavy atom. The minimum atomic E-state index is 0.158. The van der Waals surface area contributed by atoms with Gasteiger partial charge in [0.15, 0.2) is 0 Å². The van der Waals surface area contributed by atoms with Gasteiger partial charge in [-0.3, -0.25) is 0 Å². The SMILES string of the molecule is Cc1[nH]c2cccc3c2c1C[C@H]1NCC(CO)=C[C@H]31. The summed E-state index contributed by atoms with van der Waals surface area (Å²) in [6.45, 7) is 3.13. The van der Waals surface area contributed by atoms with Crippen LogP contribution in [0.15, 0.2) is 29.8 Å². The van der Waals surface area contributed by atoms with Crippen LogP contribution in [-0.2, 0) is 6.42 Å². The van der Waals surface area contributed by atoms with Crippen molar-refractivity contribution in [3.8, 4) is 0 Å². The van der Waals surface area contributed by atoms with E-state index < -0.39 is 0 Å². The Kier molecular flexibility index (Phi) is 2.34. The van der Waals surface area contributed by atoms with Crippen LogP contribution in [0, 0.1) is 6.92 Å². The van der Waals surface area contributed by atoms with Gasteiger partial charge in [0.1, 0.15) is 0 Å². The monoisotopic (exact) mass is 254 g/mol. The number of aliphatic hydroxyl groups excluding tert-OH is 1. The van der Waals surface area contributed by atoms with Gasteiger partial charge in [-0.05, 0) is 36.1 Å². The van der Waals surface area contributed by atoms with Crippen molar-refractivity contribution in [1.29, 1.82) is 0 Å². The first-order valence-electron chi connectivity index (χ1n) is 6.92. The van der Waals surface area contributed by atoms with Crippen LogP contribution in [-0.4, -0.2) is 29.3 Å². The normalized spacial score (nSPS) is 25.3. The lowest BCUT2D eigenvalue weighted by molar-refractivity contribution is 0.317. The number of benzene rings is 1. The lowest BCUT2D eigenvalue weighted by Crippen LogP contribution is -2.43. The smallest absolute Gasteiger partial charge is 0.0654 e. The van der Waals surface area contributed by atoms with E-state index in [1.807, 2.05) is 0 Å². The van der Waals surface area contributed by atoms with E-state index in [1.54, 1.807) is 0 Å². The van der Waals surface area contributed by atoms with E-state index in [4.69, 9.17) is 0 Å². The van der Waals surface area contributed by atoms with Gasteiger partial charge in [-0.2, -0.15) is 0 Å². The number of aromatic nitrogens is 1. The maximum absolute atomic E-state index is 9.36. The zero-order valence-corrected chi connectivity index (χ0v) is 11.0. The molecule has 0 radical (unpaired) electrons. The summed E-state index contributed by atoms with van der Waals surface area (Å²) in [6.07, 6.45) is 3.34. The molecule has 1 aromatic heterocycles. The molecule has 19 heavy (non-hydrogen) atoms. The minimum Gasteiger partial charge on any atom is -0.392 e. The molecule has 0 fully saturated rings. The number of rotatable bonds is 1. The average Bonchev–Trinajstić information content (AvgIpc) is 2.76. The van der Waals surface area contributed by atoms with E-state index in [2.05, 4.69) is 41.5 Å². The van der Waals surface area contributed by atoms with Crippen LogP contribution < -0.4 is 5.32 Å². The second kappa shape index (κ2) is 3.95. The summed E-state index contributed by atoms with van der Waals surface area (Å²) in [5, 5.41) is 14.3. The van der Waals surface area contributed by atoms with Gasteiger partial charge in [0.2, 0.25) is 0 Å². The van der Waals surface area contributed by atoms with E-state index in [-0.39, 0.29) is 6.61 Å². The maximum Gasteiger partial charge on any atom is 0.0654 e. The Hall–Kier alpha value is -1.58. The highest BCUT2D eigenvalue weighted by molar-refractivity contribution is 5.90. The van der Waals surface area contributed by atoms with Gasteiger partial charge < -0.3 is 15.4 Å². The van der Waals surface area contributed by atoms with Crippen LogP contribution in [0.4, 0.5) is 0 Å². The number of aliphatic hydroxyl groups is 1. The molecule has 0 bridgehead atoms. The molecule has 2 aliphatic rings. The van der Waals surface area contributed by atoms with E-state index in [9.17, 15) is 5.11 Å². The lowest BCUT2D eigenvalue weighted by Gasteiger charge is -2.35. The first-order chi connectivity index (χ1) is 9.28. The first-order valence-corrected chi connectivity index (χ1v) is 6.92. The average molecular weight is 254 g/mol. The van der Waals surface area contributed by atoms with Crippen molar-refractivity contribution < 1.29 is 5.11 Å². The van der Waals surface area contributed by atoms with E-state index in [1.165, 1.54) is 27.7 Å². The minimum absolute atomic E-state index is 0.158. The first kappa shape index (κ1) is 11.3. The van der Waals surface area contributed by atoms with Crippen LogP contribution in [0.5, 0.6) is 0 Å². The molecule has 0 saturated heterocycles. The van der Waals surface area contributed by atoms with Gasteiger partial charge >= 0.3 is 0 Å². The van der Waals surface area contributed by atoms with Crippen molar-refractivity contribution in [3.63, 3.8) is 0 Å². The molecule has 4 rings (SSSR count). The summed E-state index contributed by atoms with van der Waals surface area (Å²) >= 11 is 0. The molecule has 1 aromatic carbocycles. The van der Waals surface area contributed by atoms with E-state index in [0.29, 0.717) is 12.0 Å². The van der Waals surface area contributed by atoms with Crippen LogP contribution >= 0.6 is 0 Å². The Bertz CT molecular complexity index is 683. The van der Waals surface area contributed by atoms with Crippen molar-refractivity contribution in [2.45, 2.75) is 25.3 Å². The molecule has 2 aromatic rings. The zero-order chi connectivity index (χ0) is 13.0. The summed E-state index contributed by atoms with van der Waals surface area (Å²) in [5.74, 6) is 0.391. The number of aryl methyl sites for hydroxylation is 1. The van der Waals surface area contributed by atoms with Gasteiger partial charge in [0.05, 0.1) is 6.61 Å². The number of aromatic amines is 1. The molecule has 0 spiro atoms. The maximum atomic E-state index is 9.36. The molecule has 2 heterocycles. The summed E-state index contributed by atoms with van der Waals surface area (Å²) in [6, 6.07) is 6.97. The molecule has 1 aliphatic carbocycles. The highest BCUT2D eigenvalue weighted by Gasteiger charge is 2.33. The van der Waals surface area contributed by atoms with Gasteiger partial charge in [0, 0.05) is 35.1 Å². The Morgan fingerprint density at radius 1 is 1.37 bits per heavy atom. The molecule has 98 valence electrons. The van der Waals surface area contributed by atoms with Crippen molar-refractivity contribution in [3.05, 3.63) is 46.7 Å². The summed E-state index contributed by atoms with van der Waals surface area (Å²) in [7, 11) is 0. The van der Waals surface area contributed by atoms with Crippen molar-refractivity contribution in [1.82, 2.24) is 10.3 Å². The third kappa shape index (κ3) is 1.52. The second-order valence-electron chi connectivity index (χ2n) is 5.70. The van der Waals surface area contributed by atoms with Gasteiger partial charge in [-0.25, -0.2) is 0 Å². The Labute approximate surface area is 112 Å². The predicted molar refractivity (Wildman–Crippen MR) is 76.4 cm³/mol. The van der Waals surface area contributed by atoms with Crippen LogP contribution in [0.2, 0.25) is 0 Å². The Morgan fingerprint density at radius 2 is 2.26 bits per heavy atom. The number of hydrogen-bond donors (Lipinski definition) is 3. The molecule has 3 heteroatoms. The topological polar surface area (TPSA) is 48.0 Å². The Balaban J connectivity index is 1.97. The largest absolute Gasteiger partial charge is 0.392 e. The van der Waals surface area contributed by atoms with Gasteiger partial charge in [0.25, 0.3) is 0 Å². The molecule has 0 amide bonds. The second-order valence-corrected chi connectivity index (χ2v) is 5.70. The zero-order valence-electron chi connectivity index (χ0n) is 11.0. The third-order valence-electron chi connectivity index (χ3n) is 4.60. The molecule has 3 nitrogen and oxygen atoms in total. The van der Waals surface area contributed by atoms with Crippen molar-refractivity contribution >= 4 is 10.9 Å². The highest BCUT2D eigenvalue weighted by Crippen LogP contribution is 2.40. The molecule has 0 saturated carbocycles. The fraction of sp³-hybridized carbons (Fsp3) is 0.375. The molecule has 3 N–H and O–H groups in total. The molecular formula is C16H18N2O. The molecular weight excluding hydrogens is 236 g/mol.